The fourth-order valence-electron chi connectivity index (χ4n) is 2.36. The number of H-pyrrole nitrogens is 1. The summed E-state index contributed by atoms with van der Waals surface area (Å²) in [5.41, 5.74) is 1.97. The number of nitrogens with one attached hydrogen (secondary N) is 1. The maximum atomic E-state index is 12.1. The quantitative estimate of drug-likeness (QED) is 0.927. The van der Waals surface area contributed by atoms with Crippen LogP contribution in [0.3, 0.4) is 0 Å². The third-order valence-electron chi connectivity index (χ3n) is 3.49. The minimum Gasteiger partial charge on any atom is -0.497 e. The van der Waals surface area contributed by atoms with Gasteiger partial charge in [-0.2, -0.15) is 0 Å². The van der Waals surface area contributed by atoms with E-state index in [9.17, 15) is 4.79 Å². The van der Waals surface area contributed by atoms with Crippen molar-refractivity contribution >= 4 is 0 Å². The molecule has 6 nitrogen and oxygen atoms in total. The van der Waals surface area contributed by atoms with Crippen LogP contribution >= 0.6 is 0 Å². The molecule has 0 radical (unpaired) electrons. The van der Waals surface area contributed by atoms with Gasteiger partial charge in [0, 0.05) is 12.5 Å². The zero-order valence-corrected chi connectivity index (χ0v) is 11.9. The first-order chi connectivity index (χ1) is 10.2. The summed E-state index contributed by atoms with van der Waals surface area (Å²) >= 11 is 0. The molecule has 2 heterocycles. The highest BCUT2D eigenvalue weighted by Crippen LogP contribution is 2.31. The van der Waals surface area contributed by atoms with Crippen LogP contribution in [0.5, 0.6) is 11.5 Å². The van der Waals surface area contributed by atoms with Crippen molar-refractivity contribution < 1.29 is 14.2 Å². The van der Waals surface area contributed by atoms with Gasteiger partial charge in [-0.3, -0.25) is 4.79 Å². The van der Waals surface area contributed by atoms with E-state index in [2.05, 4.69) is 9.97 Å². The van der Waals surface area contributed by atoms with E-state index in [1.54, 1.807) is 26.4 Å². The third kappa shape index (κ3) is 2.50. The summed E-state index contributed by atoms with van der Waals surface area (Å²) in [6.45, 7) is 0.903. The van der Waals surface area contributed by atoms with Crippen molar-refractivity contribution in [2.45, 2.75) is 13.0 Å². The molecule has 0 spiro atoms. The van der Waals surface area contributed by atoms with Gasteiger partial charge in [-0.1, -0.05) is 0 Å². The summed E-state index contributed by atoms with van der Waals surface area (Å²) in [6.07, 6.45) is 0.644. The number of rotatable bonds is 3. The Morgan fingerprint density at radius 2 is 2.14 bits per heavy atom. The average molecular weight is 288 g/mol. The Morgan fingerprint density at radius 1 is 1.29 bits per heavy atom. The van der Waals surface area contributed by atoms with E-state index >= 15 is 0 Å². The highest BCUT2D eigenvalue weighted by molar-refractivity contribution is 5.66. The van der Waals surface area contributed by atoms with Crippen LogP contribution in [-0.4, -0.2) is 30.8 Å². The highest BCUT2D eigenvalue weighted by Gasteiger charge is 2.18. The molecule has 3 rings (SSSR count). The molecule has 0 unspecified atom stereocenters. The predicted molar refractivity (Wildman–Crippen MR) is 76.8 cm³/mol. The number of nitrogens with zero attached hydrogens (tertiary/aromatic N) is 1. The van der Waals surface area contributed by atoms with Crippen LogP contribution < -0.4 is 15.0 Å². The maximum Gasteiger partial charge on any atom is 0.256 e. The van der Waals surface area contributed by atoms with Crippen molar-refractivity contribution in [1.29, 1.82) is 0 Å². The molecule has 2 aromatic rings. The van der Waals surface area contributed by atoms with Crippen LogP contribution in [0.1, 0.15) is 11.3 Å². The van der Waals surface area contributed by atoms with Gasteiger partial charge in [0.25, 0.3) is 5.56 Å². The van der Waals surface area contributed by atoms with Crippen LogP contribution in [0.15, 0.2) is 23.0 Å². The van der Waals surface area contributed by atoms with Gasteiger partial charge in [0.05, 0.1) is 44.3 Å². The number of hydrogen-bond acceptors (Lipinski definition) is 5. The molecule has 6 heteroatoms. The maximum absolute atomic E-state index is 12.1. The molecule has 0 saturated carbocycles. The van der Waals surface area contributed by atoms with Gasteiger partial charge in [0.2, 0.25) is 0 Å². The lowest BCUT2D eigenvalue weighted by Crippen LogP contribution is -2.24. The normalized spacial score (nSPS) is 13.6. The van der Waals surface area contributed by atoms with Crippen LogP contribution in [0.2, 0.25) is 0 Å². The second-order valence-corrected chi connectivity index (χ2v) is 4.71. The molecule has 0 saturated heterocycles. The highest BCUT2D eigenvalue weighted by atomic mass is 16.5. The average Bonchev–Trinajstić information content (AvgIpc) is 2.54. The van der Waals surface area contributed by atoms with Gasteiger partial charge in [-0.05, 0) is 12.1 Å². The second kappa shape index (κ2) is 5.57. The van der Waals surface area contributed by atoms with Gasteiger partial charge in [0.1, 0.15) is 17.3 Å². The molecule has 1 aliphatic heterocycles. The van der Waals surface area contributed by atoms with Gasteiger partial charge in [0.15, 0.2) is 0 Å². The Bertz CT molecular complexity index is 724. The van der Waals surface area contributed by atoms with E-state index in [0.717, 1.165) is 11.3 Å². The molecule has 0 bridgehead atoms. The first kappa shape index (κ1) is 13.6. The summed E-state index contributed by atoms with van der Waals surface area (Å²) in [6, 6.07) is 5.39. The zero-order chi connectivity index (χ0) is 14.8. The topological polar surface area (TPSA) is 73.4 Å². The van der Waals surface area contributed by atoms with Gasteiger partial charge < -0.3 is 19.2 Å². The molecule has 0 fully saturated rings. The van der Waals surface area contributed by atoms with Crippen molar-refractivity contribution in [3.63, 3.8) is 0 Å². The zero-order valence-electron chi connectivity index (χ0n) is 11.9. The summed E-state index contributed by atoms with van der Waals surface area (Å²) in [4.78, 5) is 19.5. The van der Waals surface area contributed by atoms with Crippen molar-refractivity contribution in [3.05, 3.63) is 39.8 Å². The Morgan fingerprint density at radius 3 is 2.90 bits per heavy atom. The van der Waals surface area contributed by atoms with E-state index in [1.165, 1.54) is 0 Å². The summed E-state index contributed by atoms with van der Waals surface area (Å²) < 4.78 is 15.8. The van der Waals surface area contributed by atoms with Crippen molar-refractivity contribution in [2.24, 2.45) is 0 Å². The van der Waals surface area contributed by atoms with Crippen LogP contribution in [0.4, 0.5) is 0 Å². The number of aromatic nitrogens is 2. The molecule has 0 amide bonds. The fraction of sp³-hybridized carbons (Fsp3) is 0.333. The lowest BCUT2D eigenvalue weighted by molar-refractivity contribution is 0.108. The first-order valence-corrected chi connectivity index (χ1v) is 6.65. The Kier molecular flexibility index (Phi) is 3.62. The number of ether oxygens (including phenoxy) is 3. The Hall–Kier alpha value is -2.34. The number of methoxy groups -OCH3 is 2. The third-order valence-corrected chi connectivity index (χ3v) is 3.49. The minimum atomic E-state index is -0.160. The minimum absolute atomic E-state index is 0.160. The van der Waals surface area contributed by atoms with E-state index in [1.807, 2.05) is 6.07 Å². The lowest BCUT2D eigenvalue weighted by atomic mass is 10.1. The molecule has 1 aromatic heterocycles. The molecule has 21 heavy (non-hydrogen) atoms. The Labute approximate surface area is 121 Å². The van der Waals surface area contributed by atoms with E-state index in [-0.39, 0.29) is 5.56 Å². The SMILES string of the molecule is COc1ccc(-c2nc3c(c(=O)[nH]2)COCC3)c(OC)c1. The molecule has 0 atom stereocenters. The Balaban J connectivity index is 2.12. The van der Waals surface area contributed by atoms with Gasteiger partial charge >= 0.3 is 0 Å². The number of benzene rings is 1. The molecular formula is C15H16N2O4. The van der Waals surface area contributed by atoms with Crippen molar-refractivity contribution in [3.8, 4) is 22.9 Å². The van der Waals surface area contributed by atoms with E-state index in [4.69, 9.17) is 14.2 Å². The standard InChI is InChI=1S/C15H16N2O4/c1-19-9-3-4-10(13(7-9)20-2)14-16-12-5-6-21-8-11(12)15(18)17-14/h3-4,7H,5-6,8H2,1-2H3,(H,16,17,18). The molecule has 1 aliphatic rings. The molecule has 1 N–H and O–H groups in total. The van der Waals surface area contributed by atoms with Crippen LogP contribution in [0, 0.1) is 0 Å². The van der Waals surface area contributed by atoms with Crippen molar-refractivity contribution in [1.82, 2.24) is 9.97 Å². The smallest absolute Gasteiger partial charge is 0.256 e. The van der Waals surface area contributed by atoms with Crippen molar-refractivity contribution in [2.75, 3.05) is 20.8 Å². The summed E-state index contributed by atoms with van der Waals surface area (Å²) in [5, 5.41) is 0. The monoisotopic (exact) mass is 288 g/mol. The molecule has 1 aromatic carbocycles. The van der Waals surface area contributed by atoms with Gasteiger partial charge in [-0.15, -0.1) is 0 Å². The first-order valence-electron chi connectivity index (χ1n) is 6.65. The largest absolute Gasteiger partial charge is 0.497 e. The summed E-state index contributed by atoms with van der Waals surface area (Å²) in [7, 11) is 3.16. The number of fused-ring (bicyclic) bond motifs is 1. The second-order valence-electron chi connectivity index (χ2n) is 4.71. The van der Waals surface area contributed by atoms with E-state index < -0.39 is 0 Å². The molecule has 110 valence electrons. The van der Waals surface area contributed by atoms with E-state index in [0.29, 0.717) is 42.5 Å². The fourth-order valence-corrected chi connectivity index (χ4v) is 2.36. The number of hydrogen-bond donors (Lipinski definition) is 1. The molecular weight excluding hydrogens is 272 g/mol. The lowest BCUT2D eigenvalue weighted by Gasteiger charge is -2.16. The summed E-state index contributed by atoms with van der Waals surface area (Å²) in [5.74, 6) is 1.79. The molecule has 0 aliphatic carbocycles. The van der Waals surface area contributed by atoms with Crippen LogP contribution in [-0.2, 0) is 17.8 Å². The van der Waals surface area contributed by atoms with Gasteiger partial charge in [-0.25, -0.2) is 4.98 Å². The number of aromatic amines is 1. The predicted octanol–water partition coefficient (Wildman–Crippen LogP) is 1.53. The van der Waals surface area contributed by atoms with Crippen LogP contribution in [0.25, 0.3) is 11.4 Å².